The number of amides is 2. The van der Waals surface area contributed by atoms with E-state index in [1.165, 1.54) is 4.31 Å². The van der Waals surface area contributed by atoms with Gasteiger partial charge in [0.1, 0.15) is 0 Å². The number of primary amides is 1. The zero-order chi connectivity index (χ0) is 25.2. The Hall–Kier alpha value is -2.91. The molecule has 0 radical (unpaired) electrons. The van der Waals surface area contributed by atoms with Crippen molar-refractivity contribution in [2.45, 2.75) is 68.3 Å². The lowest BCUT2D eigenvalue weighted by Crippen LogP contribution is -2.45. The average molecular weight is 499 g/mol. The van der Waals surface area contributed by atoms with E-state index in [1.807, 2.05) is 36.1 Å². The summed E-state index contributed by atoms with van der Waals surface area (Å²) in [6.07, 6.45) is 5.59. The number of anilines is 2. The molecule has 8 nitrogen and oxygen atoms in total. The molecule has 1 fully saturated rings. The molecule has 0 spiro atoms. The van der Waals surface area contributed by atoms with Crippen LogP contribution in [0.4, 0.5) is 11.4 Å². The molecule has 3 N–H and O–H groups in total. The molecule has 2 aromatic carbocycles. The maximum Gasteiger partial charge on any atom is 0.243 e. The summed E-state index contributed by atoms with van der Waals surface area (Å²) in [6, 6.07) is 13.8. The third kappa shape index (κ3) is 5.36. The van der Waals surface area contributed by atoms with Gasteiger partial charge in [-0.2, -0.15) is 4.31 Å². The van der Waals surface area contributed by atoms with Gasteiger partial charge in [0.05, 0.1) is 17.4 Å². The van der Waals surface area contributed by atoms with E-state index in [0.717, 1.165) is 43.4 Å². The second-order valence-electron chi connectivity index (χ2n) is 9.61. The van der Waals surface area contributed by atoms with Crippen LogP contribution in [0.2, 0.25) is 0 Å². The summed E-state index contributed by atoms with van der Waals surface area (Å²) in [6.45, 7) is 2.08. The van der Waals surface area contributed by atoms with Gasteiger partial charge < -0.3 is 16.0 Å². The topological polar surface area (TPSA) is 113 Å². The highest BCUT2D eigenvalue weighted by Gasteiger charge is 2.34. The standard InChI is InChI=1S/C26H34N4O4S/c1-18-16-23(26(27)32)22-10-6-7-11-24(22)30(18)17-25(31)28-19-12-14-21(15-13-19)35(33,34)29(2)20-8-4-3-5-9-20/h6-7,10-15,18,20,23H,3-5,8-9,16-17H2,1-2H3,(H2,27,32)(H,28,31)/t18-,23+/m1/s1. The Kier molecular flexibility index (Phi) is 7.47. The molecular weight excluding hydrogens is 464 g/mol. The van der Waals surface area contributed by atoms with Gasteiger partial charge in [0.15, 0.2) is 0 Å². The molecule has 2 aliphatic rings. The molecule has 1 aliphatic heterocycles. The highest BCUT2D eigenvalue weighted by molar-refractivity contribution is 7.89. The van der Waals surface area contributed by atoms with Crippen molar-refractivity contribution in [3.63, 3.8) is 0 Å². The average Bonchev–Trinajstić information content (AvgIpc) is 2.85. The number of carbonyl (C=O) groups excluding carboxylic acids is 2. The minimum Gasteiger partial charge on any atom is -0.369 e. The summed E-state index contributed by atoms with van der Waals surface area (Å²) < 4.78 is 27.6. The third-order valence-corrected chi connectivity index (χ3v) is 9.22. The molecule has 35 heavy (non-hydrogen) atoms. The van der Waals surface area contributed by atoms with Crippen LogP contribution >= 0.6 is 0 Å². The summed E-state index contributed by atoms with van der Waals surface area (Å²) in [4.78, 5) is 27.0. The number of nitrogens with one attached hydrogen (secondary N) is 1. The van der Waals surface area contributed by atoms with Crippen molar-refractivity contribution in [3.05, 3.63) is 54.1 Å². The summed E-state index contributed by atoms with van der Waals surface area (Å²) in [5.74, 6) is -0.960. The van der Waals surface area contributed by atoms with Crippen LogP contribution in [0.1, 0.15) is 56.9 Å². The fourth-order valence-electron chi connectivity index (χ4n) is 5.26. The highest BCUT2D eigenvalue weighted by Crippen LogP contribution is 2.38. The summed E-state index contributed by atoms with van der Waals surface area (Å²) in [5.41, 5.74) is 7.81. The number of hydrogen-bond acceptors (Lipinski definition) is 5. The van der Waals surface area contributed by atoms with Crippen LogP contribution in [-0.4, -0.2) is 50.2 Å². The van der Waals surface area contributed by atoms with Crippen molar-refractivity contribution in [3.8, 4) is 0 Å². The van der Waals surface area contributed by atoms with Gasteiger partial charge in [0.2, 0.25) is 21.8 Å². The van der Waals surface area contributed by atoms with E-state index in [4.69, 9.17) is 5.73 Å². The zero-order valence-electron chi connectivity index (χ0n) is 20.3. The van der Waals surface area contributed by atoms with Gasteiger partial charge in [-0.15, -0.1) is 0 Å². The van der Waals surface area contributed by atoms with Crippen molar-refractivity contribution in [2.24, 2.45) is 5.73 Å². The monoisotopic (exact) mass is 498 g/mol. The molecule has 0 bridgehead atoms. The third-order valence-electron chi connectivity index (χ3n) is 7.29. The normalized spacial score (nSPS) is 20.9. The molecule has 9 heteroatoms. The Morgan fingerprint density at radius 2 is 1.71 bits per heavy atom. The van der Waals surface area contributed by atoms with E-state index in [-0.39, 0.29) is 41.3 Å². The van der Waals surface area contributed by atoms with E-state index >= 15 is 0 Å². The first-order valence-corrected chi connectivity index (χ1v) is 13.7. The Balaban J connectivity index is 1.43. The van der Waals surface area contributed by atoms with Crippen LogP contribution in [0.25, 0.3) is 0 Å². The number of sulfonamides is 1. The molecule has 2 aromatic rings. The molecule has 0 aromatic heterocycles. The van der Waals surface area contributed by atoms with Crippen LogP contribution in [-0.2, 0) is 19.6 Å². The number of rotatable bonds is 7. The molecule has 1 aliphatic carbocycles. The summed E-state index contributed by atoms with van der Waals surface area (Å²) in [5, 5.41) is 2.87. The Morgan fingerprint density at radius 1 is 1.06 bits per heavy atom. The second-order valence-corrected chi connectivity index (χ2v) is 11.6. The Bertz CT molecular complexity index is 1180. The summed E-state index contributed by atoms with van der Waals surface area (Å²) >= 11 is 0. The predicted molar refractivity (Wildman–Crippen MR) is 137 cm³/mol. The van der Waals surface area contributed by atoms with Crippen LogP contribution in [0.15, 0.2) is 53.4 Å². The van der Waals surface area contributed by atoms with Gasteiger partial charge in [0.25, 0.3) is 0 Å². The van der Waals surface area contributed by atoms with Crippen molar-refractivity contribution in [1.29, 1.82) is 0 Å². The number of hydrogen-bond donors (Lipinski definition) is 2. The molecule has 2 amide bonds. The van der Waals surface area contributed by atoms with Crippen molar-refractivity contribution < 1.29 is 18.0 Å². The molecule has 0 unspecified atom stereocenters. The number of nitrogens with zero attached hydrogens (tertiary/aromatic N) is 2. The van der Waals surface area contributed by atoms with Gasteiger partial charge in [0, 0.05) is 30.5 Å². The van der Waals surface area contributed by atoms with Crippen LogP contribution < -0.4 is 16.0 Å². The Labute approximate surface area is 207 Å². The van der Waals surface area contributed by atoms with E-state index in [0.29, 0.717) is 12.1 Å². The largest absolute Gasteiger partial charge is 0.369 e. The lowest BCUT2D eigenvalue weighted by molar-refractivity contribution is -0.119. The van der Waals surface area contributed by atoms with Crippen LogP contribution in [0.3, 0.4) is 0 Å². The summed E-state index contributed by atoms with van der Waals surface area (Å²) in [7, 11) is -1.93. The van der Waals surface area contributed by atoms with Crippen molar-refractivity contribution in [1.82, 2.24) is 4.31 Å². The number of nitrogens with two attached hydrogens (primary N) is 1. The van der Waals surface area contributed by atoms with Gasteiger partial charge in [-0.25, -0.2) is 8.42 Å². The van der Waals surface area contributed by atoms with E-state index in [2.05, 4.69) is 5.32 Å². The molecule has 2 atom stereocenters. The maximum absolute atomic E-state index is 13.1. The molecule has 1 heterocycles. The number of carbonyl (C=O) groups is 2. The molecule has 0 saturated heterocycles. The number of benzene rings is 2. The fraction of sp³-hybridized carbons (Fsp3) is 0.462. The van der Waals surface area contributed by atoms with Gasteiger partial charge >= 0.3 is 0 Å². The van der Waals surface area contributed by atoms with E-state index in [9.17, 15) is 18.0 Å². The first-order chi connectivity index (χ1) is 16.7. The molecule has 188 valence electrons. The number of fused-ring (bicyclic) bond motifs is 1. The highest BCUT2D eigenvalue weighted by atomic mass is 32.2. The first kappa shape index (κ1) is 25.2. The molecule has 1 saturated carbocycles. The minimum absolute atomic E-state index is 0.0386. The van der Waals surface area contributed by atoms with E-state index < -0.39 is 10.0 Å². The minimum atomic E-state index is -3.58. The molecular formula is C26H34N4O4S. The van der Waals surface area contributed by atoms with Crippen molar-refractivity contribution >= 4 is 33.2 Å². The first-order valence-electron chi connectivity index (χ1n) is 12.2. The Morgan fingerprint density at radius 3 is 2.37 bits per heavy atom. The van der Waals surface area contributed by atoms with Crippen LogP contribution in [0.5, 0.6) is 0 Å². The van der Waals surface area contributed by atoms with E-state index in [1.54, 1.807) is 31.3 Å². The smallest absolute Gasteiger partial charge is 0.243 e. The maximum atomic E-state index is 13.1. The SMILES string of the molecule is C[C@@H]1C[C@H](C(N)=O)c2ccccc2N1CC(=O)Nc1ccc(S(=O)(=O)N(C)C2CCCCC2)cc1. The number of para-hydroxylation sites is 1. The van der Waals surface area contributed by atoms with Gasteiger partial charge in [-0.3, -0.25) is 9.59 Å². The lowest BCUT2D eigenvalue weighted by Gasteiger charge is -2.39. The zero-order valence-corrected chi connectivity index (χ0v) is 21.1. The lowest BCUT2D eigenvalue weighted by atomic mass is 9.85. The molecule has 4 rings (SSSR count). The van der Waals surface area contributed by atoms with Crippen molar-refractivity contribution in [2.75, 3.05) is 23.8 Å². The van der Waals surface area contributed by atoms with Gasteiger partial charge in [-0.1, -0.05) is 37.5 Å². The fourth-order valence-corrected chi connectivity index (χ4v) is 6.68. The van der Waals surface area contributed by atoms with Gasteiger partial charge in [-0.05, 0) is 62.1 Å². The second kappa shape index (κ2) is 10.4. The predicted octanol–water partition coefficient (Wildman–Crippen LogP) is 3.45. The quantitative estimate of drug-likeness (QED) is 0.607. The van der Waals surface area contributed by atoms with Crippen LogP contribution in [0, 0.1) is 0 Å².